The minimum atomic E-state index is -0.806. The van der Waals surface area contributed by atoms with E-state index < -0.39 is 5.97 Å². The number of rotatable bonds is 12. The fourth-order valence-corrected chi connectivity index (χ4v) is 5.74. The van der Waals surface area contributed by atoms with Crippen LogP contribution in [0.5, 0.6) is 5.75 Å². The summed E-state index contributed by atoms with van der Waals surface area (Å²) in [4.78, 5) is 26.2. The van der Waals surface area contributed by atoms with Gasteiger partial charge in [-0.3, -0.25) is 14.5 Å². The van der Waals surface area contributed by atoms with Gasteiger partial charge in [0.15, 0.2) is 0 Å². The fourth-order valence-electron chi connectivity index (χ4n) is 4.44. The maximum Gasteiger partial charge on any atom is 0.303 e. The molecule has 4 aromatic rings. The molecule has 1 saturated heterocycles. The first-order chi connectivity index (χ1) is 20.0. The van der Waals surface area contributed by atoms with E-state index in [-0.39, 0.29) is 12.3 Å². The average Bonchev–Trinajstić information content (AvgIpc) is 3.53. The third-order valence-electron chi connectivity index (χ3n) is 6.57. The average molecular weight is 584 g/mol. The molecule has 1 amide bonds. The first-order valence-corrected chi connectivity index (χ1v) is 14.6. The molecule has 3 aromatic carbocycles. The molecule has 1 aromatic heterocycles. The molecule has 0 atom stereocenters. The Morgan fingerprint density at radius 1 is 0.951 bits per heavy atom. The molecule has 0 radical (unpaired) electrons. The lowest BCUT2D eigenvalue weighted by Gasteiger charge is -2.13. The van der Waals surface area contributed by atoms with E-state index in [1.54, 1.807) is 4.90 Å². The van der Waals surface area contributed by atoms with Crippen molar-refractivity contribution in [1.29, 1.82) is 0 Å². The Bertz CT molecular complexity index is 1550. The van der Waals surface area contributed by atoms with Gasteiger partial charge in [0.2, 0.25) is 0 Å². The van der Waals surface area contributed by atoms with Gasteiger partial charge in [0, 0.05) is 30.3 Å². The Hall–Kier alpha value is -4.21. The number of thioether (sulfide) groups is 1. The SMILES string of the molecule is O=C(O)CCCCCN1C(=O)C(=Cc2cn(-c3ccccc3)nc2-c2ccc(OCc3ccccc3)cc2)SC1=S. The Morgan fingerprint density at radius 2 is 1.66 bits per heavy atom. The van der Waals surface area contributed by atoms with Crippen LogP contribution in [0.2, 0.25) is 0 Å². The molecule has 1 aliphatic heterocycles. The molecule has 208 valence electrons. The molecule has 41 heavy (non-hydrogen) atoms. The second-order valence-electron chi connectivity index (χ2n) is 9.55. The Kier molecular flexibility index (Phi) is 9.28. The maximum atomic E-state index is 13.3. The van der Waals surface area contributed by atoms with Crippen LogP contribution in [0.3, 0.4) is 0 Å². The molecular formula is C32H29N3O4S2. The van der Waals surface area contributed by atoms with E-state index in [0.717, 1.165) is 40.2 Å². The largest absolute Gasteiger partial charge is 0.489 e. The predicted octanol–water partition coefficient (Wildman–Crippen LogP) is 6.96. The molecule has 0 aliphatic carbocycles. The summed E-state index contributed by atoms with van der Waals surface area (Å²) in [7, 11) is 0. The molecule has 0 spiro atoms. The number of para-hydroxylation sites is 1. The van der Waals surface area contributed by atoms with E-state index in [4.69, 9.17) is 27.2 Å². The number of aromatic nitrogens is 2. The summed E-state index contributed by atoms with van der Waals surface area (Å²) in [6, 6.07) is 27.6. The third kappa shape index (κ3) is 7.31. The number of benzene rings is 3. The molecule has 1 fully saturated rings. The number of carbonyl (C=O) groups excluding carboxylic acids is 1. The number of carboxylic acid groups (broad SMARTS) is 1. The number of aliphatic carboxylic acids is 1. The molecule has 1 aliphatic rings. The molecule has 7 nitrogen and oxygen atoms in total. The second-order valence-corrected chi connectivity index (χ2v) is 11.2. The number of thiocarbonyl (C=S) groups is 1. The van der Waals surface area contributed by atoms with Crippen LogP contribution in [0, 0.1) is 0 Å². The number of ether oxygens (including phenoxy) is 1. The summed E-state index contributed by atoms with van der Waals surface area (Å²) in [6.45, 7) is 0.956. The van der Waals surface area contributed by atoms with Crippen molar-refractivity contribution < 1.29 is 19.4 Å². The second kappa shape index (κ2) is 13.4. The van der Waals surface area contributed by atoms with Crippen LogP contribution >= 0.6 is 24.0 Å². The maximum absolute atomic E-state index is 13.3. The van der Waals surface area contributed by atoms with Crippen molar-refractivity contribution in [1.82, 2.24) is 14.7 Å². The highest BCUT2D eigenvalue weighted by atomic mass is 32.2. The zero-order valence-corrected chi connectivity index (χ0v) is 23.9. The van der Waals surface area contributed by atoms with Crippen molar-refractivity contribution in [2.75, 3.05) is 6.54 Å². The van der Waals surface area contributed by atoms with Crippen LogP contribution < -0.4 is 4.74 Å². The predicted molar refractivity (Wildman–Crippen MR) is 166 cm³/mol. The lowest BCUT2D eigenvalue weighted by molar-refractivity contribution is -0.137. The van der Waals surface area contributed by atoms with Crippen LogP contribution in [0.15, 0.2) is 96.0 Å². The highest BCUT2D eigenvalue weighted by Gasteiger charge is 2.32. The number of hydrogen-bond acceptors (Lipinski definition) is 6. The van der Waals surface area contributed by atoms with E-state index >= 15 is 0 Å². The quantitative estimate of drug-likeness (QED) is 0.110. The normalized spacial score (nSPS) is 14.1. The van der Waals surface area contributed by atoms with Gasteiger partial charge in [-0.1, -0.05) is 78.9 Å². The number of hydrogen-bond donors (Lipinski definition) is 1. The zero-order valence-electron chi connectivity index (χ0n) is 22.3. The molecule has 0 bridgehead atoms. The lowest BCUT2D eigenvalue weighted by atomic mass is 10.1. The minimum Gasteiger partial charge on any atom is -0.489 e. The first kappa shape index (κ1) is 28.3. The monoisotopic (exact) mass is 583 g/mol. The van der Waals surface area contributed by atoms with Crippen LogP contribution in [-0.2, 0) is 16.2 Å². The van der Waals surface area contributed by atoms with Gasteiger partial charge < -0.3 is 9.84 Å². The Balaban J connectivity index is 1.36. The summed E-state index contributed by atoms with van der Waals surface area (Å²) < 4.78 is 8.28. The minimum absolute atomic E-state index is 0.132. The van der Waals surface area contributed by atoms with Crippen molar-refractivity contribution in [2.45, 2.75) is 32.3 Å². The van der Waals surface area contributed by atoms with E-state index in [2.05, 4.69) is 0 Å². The Labute approximate surface area is 248 Å². The van der Waals surface area contributed by atoms with Crippen molar-refractivity contribution >= 4 is 46.3 Å². The fraction of sp³-hybridized carbons (Fsp3) is 0.188. The van der Waals surface area contributed by atoms with Gasteiger partial charge in [0.25, 0.3) is 5.91 Å². The van der Waals surface area contributed by atoms with Gasteiger partial charge in [-0.05, 0) is 60.9 Å². The number of carbonyl (C=O) groups is 2. The smallest absolute Gasteiger partial charge is 0.303 e. The molecule has 1 N–H and O–H groups in total. The molecule has 2 heterocycles. The van der Waals surface area contributed by atoms with Gasteiger partial charge in [-0.25, -0.2) is 4.68 Å². The summed E-state index contributed by atoms with van der Waals surface area (Å²) in [5.41, 5.74) is 4.44. The standard InChI is InChI=1S/C32H29N3O4S2/c36-29(37)14-8-3-9-19-34-31(38)28(41-32(34)40)20-25-21-35(26-12-6-2-7-13-26)33-30(25)24-15-17-27(18-16-24)39-22-23-10-4-1-5-11-23/h1-2,4-7,10-13,15-18,20-21H,3,8-9,14,19,22H2,(H,36,37). The van der Waals surface area contributed by atoms with Crippen molar-refractivity contribution in [3.05, 3.63) is 107 Å². The zero-order chi connectivity index (χ0) is 28.6. The van der Waals surface area contributed by atoms with E-state index in [1.807, 2.05) is 102 Å². The molecule has 9 heteroatoms. The number of unbranched alkanes of at least 4 members (excludes halogenated alkanes) is 2. The Morgan fingerprint density at radius 3 is 2.37 bits per heavy atom. The molecule has 0 unspecified atom stereocenters. The number of carboxylic acids is 1. The summed E-state index contributed by atoms with van der Waals surface area (Å²) in [6.07, 6.45) is 5.91. The molecule has 5 rings (SSSR count). The third-order valence-corrected chi connectivity index (χ3v) is 7.95. The van der Waals surface area contributed by atoms with Gasteiger partial charge in [-0.15, -0.1) is 0 Å². The molecule has 0 saturated carbocycles. The van der Waals surface area contributed by atoms with Gasteiger partial charge >= 0.3 is 5.97 Å². The van der Waals surface area contributed by atoms with E-state index in [1.165, 1.54) is 11.8 Å². The summed E-state index contributed by atoms with van der Waals surface area (Å²) in [5.74, 6) is -0.188. The van der Waals surface area contributed by atoms with Crippen molar-refractivity contribution in [3.63, 3.8) is 0 Å². The number of nitrogens with zero attached hydrogens (tertiary/aromatic N) is 3. The van der Waals surface area contributed by atoms with Crippen molar-refractivity contribution in [2.24, 2.45) is 0 Å². The highest BCUT2D eigenvalue weighted by Crippen LogP contribution is 2.35. The topological polar surface area (TPSA) is 84.7 Å². The van der Waals surface area contributed by atoms with E-state index in [9.17, 15) is 9.59 Å². The molecular weight excluding hydrogens is 555 g/mol. The van der Waals surface area contributed by atoms with Gasteiger partial charge in [0.1, 0.15) is 16.7 Å². The lowest BCUT2D eigenvalue weighted by Crippen LogP contribution is -2.29. The van der Waals surface area contributed by atoms with Crippen LogP contribution in [0.4, 0.5) is 0 Å². The van der Waals surface area contributed by atoms with Gasteiger partial charge in [-0.2, -0.15) is 5.10 Å². The number of amides is 1. The first-order valence-electron chi connectivity index (χ1n) is 13.4. The van der Waals surface area contributed by atoms with Gasteiger partial charge in [0.05, 0.1) is 16.3 Å². The summed E-state index contributed by atoms with van der Waals surface area (Å²) in [5, 5.41) is 13.7. The summed E-state index contributed by atoms with van der Waals surface area (Å²) >= 11 is 6.79. The van der Waals surface area contributed by atoms with Crippen LogP contribution in [0.1, 0.15) is 36.8 Å². The van der Waals surface area contributed by atoms with Crippen LogP contribution in [-0.4, -0.2) is 42.5 Å². The van der Waals surface area contributed by atoms with E-state index in [0.29, 0.717) is 35.2 Å². The van der Waals surface area contributed by atoms with Crippen molar-refractivity contribution in [3.8, 4) is 22.7 Å². The van der Waals surface area contributed by atoms with Crippen LogP contribution in [0.25, 0.3) is 23.0 Å². The highest BCUT2D eigenvalue weighted by molar-refractivity contribution is 8.26.